The molecule has 0 atom stereocenters. The molecule has 0 unspecified atom stereocenters. The minimum absolute atomic E-state index is 0.175. The fourth-order valence-electron chi connectivity index (χ4n) is 2.39. The van der Waals surface area contributed by atoms with Crippen molar-refractivity contribution in [3.63, 3.8) is 0 Å². The Labute approximate surface area is 128 Å². The van der Waals surface area contributed by atoms with Gasteiger partial charge in [-0.1, -0.05) is 12.1 Å². The van der Waals surface area contributed by atoms with Crippen LogP contribution in [0.4, 0.5) is 14.5 Å². The van der Waals surface area contributed by atoms with E-state index in [2.05, 4.69) is 0 Å². The highest BCUT2D eigenvalue weighted by Crippen LogP contribution is 2.27. The highest BCUT2D eigenvalue weighted by molar-refractivity contribution is 6.21. The summed E-state index contributed by atoms with van der Waals surface area (Å²) in [6.07, 6.45) is 0. The minimum Gasteiger partial charge on any atom is -0.270 e. The Morgan fingerprint density at radius 3 is 2.09 bits per heavy atom. The maximum atomic E-state index is 13.8. The molecule has 0 spiro atoms. The lowest BCUT2D eigenvalue weighted by Gasteiger charge is -2.14. The number of imide groups is 1. The third-order valence-electron chi connectivity index (χ3n) is 3.52. The van der Waals surface area contributed by atoms with Crippen LogP contribution in [0.25, 0.3) is 0 Å². The van der Waals surface area contributed by atoms with Crippen molar-refractivity contribution in [2.24, 2.45) is 0 Å². The lowest BCUT2D eigenvalue weighted by Crippen LogP contribution is -2.29. The molecule has 0 saturated carbocycles. The Morgan fingerprint density at radius 2 is 1.57 bits per heavy atom. The molecule has 0 fully saturated rings. The second-order valence-electron chi connectivity index (χ2n) is 4.89. The van der Waals surface area contributed by atoms with Crippen molar-refractivity contribution in [2.75, 3.05) is 0 Å². The second-order valence-corrected chi connectivity index (χ2v) is 4.89. The van der Waals surface area contributed by atoms with Crippen LogP contribution in [0, 0.1) is 21.7 Å². The number of nitro benzene ring substituents is 1. The van der Waals surface area contributed by atoms with Gasteiger partial charge in [-0.3, -0.25) is 24.6 Å². The molecule has 0 N–H and O–H groups in total. The Bertz CT molecular complexity index is 832. The van der Waals surface area contributed by atoms with Gasteiger partial charge in [-0.25, -0.2) is 4.39 Å². The zero-order chi connectivity index (χ0) is 16.7. The summed E-state index contributed by atoms with van der Waals surface area (Å²) in [6, 6.07) is 7.13. The van der Waals surface area contributed by atoms with Crippen LogP contribution in [0.15, 0.2) is 36.4 Å². The van der Waals surface area contributed by atoms with E-state index in [9.17, 15) is 28.5 Å². The summed E-state index contributed by atoms with van der Waals surface area (Å²) in [6.45, 7) is -0.515. The van der Waals surface area contributed by atoms with E-state index >= 15 is 0 Å². The van der Waals surface area contributed by atoms with Gasteiger partial charge in [0.2, 0.25) is 5.82 Å². The molecule has 8 heteroatoms. The molecule has 0 bridgehead atoms. The van der Waals surface area contributed by atoms with E-state index in [0.717, 1.165) is 4.90 Å². The number of hydrogen-bond acceptors (Lipinski definition) is 4. The first-order chi connectivity index (χ1) is 10.9. The number of fused-ring (bicyclic) bond motifs is 1. The Balaban J connectivity index is 1.98. The first-order valence-corrected chi connectivity index (χ1v) is 6.47. The van der Waals surface area contributed by atoms with Crippen molar-refractivity contribution in [1.29, 1.82) is 0 Å². The standard InChI is InChI=1S/C15H8F2N2O4/c16-11-6-12(17)13(19(22)23)5-8(11)7-18-14(20)9-3-1-2-4-10(9)15(18)21/h1-6H,7H2. The average molecular weight is 318 g/mol. The molecular formula is C15H8F2N2O4. The second kappa shape index (κ2) is 5.24. The molecule has 0 radical (unpaired) electrons. The number of halogens is 2. The molecule has 1 aliphatic rings. The predicted octanol–water partition coefficient (Wildman–Crippen LogP) is 2.67. The van der Waals surface area contributed by atoms with Crippen molar-refractivity contribution in [2.45, 2.75) is 6.54 Å². The molecule has 1 heterocycles. The molecule has 0 saturated heterocycles. The predicted molar refractivity (Wildman–Crippen MR) is 73.7 cm³/mol. The van der Waals surface area contributed by atoms with Gasteiger partial charge in [0, 0.05) is 17.7 Å². The molecule has 23 heavy (non-hydrogen) atoms. The van der Waals surface area contributed by atoms with Crippen molar-refractivity contribution < 1.29 is 23.3 Å². The number of nitrogens with zero attached hydrogens (tertiary/aromatic N) is 2. The van der Waals surface area contributed by atoms with Gasteiger partial charge in [0.15, 0.2) is 0 Å². The van der Waals surface area contributed by atoms with Crippen molar-refractivity contribution in [3.05, 3.63) is 74.8 Å². The molecule has 3 rings (SSSR count). The van der Waals surface area contributed by atoms with E-state index < -0.39 is 40.6 Å². The summed E-state index contributed by atoms with van der Waals surface area (Å²) in [7, 11) is 0. The smallest absolute Gasteiger partial charge is 0.270 e. The SMILES string of the molecule is O=C1c2ccccc2C(=O)N1Cc1cc([N+](=O)[O-])c(F)cc1F. The molecule has 116 valence electrons. The minimum atomic E-state index is -1.32. The summed E-state index contributed by atoms with van der Waals surface area (Å²) < 4.78 is 27.2. The van der Waals surface area contributed by atoms with Gasteiger partial charge in [-0.05, 0) is 12.1 Å². The van der Waals surface area contributed by atoms with Crippen molar-refractivity contribution in [1.82, 2.24) is 4.90 Å². The summed E-state index contributed by atoms with van der Waals surface area (Å²) in [5, 5.41) is 10.7. The molecule has 2 aromatic rings. The Kier molecular flexibility index (Phi) is 3.36. The van der Waals surface area contributed by atoms with Gasteiger partial charge in [0.1, 0.15) is 5.82 Å². The van der Waals surface area contributed by atoms with Crippen LogP contribution in [0.1, 0.15) is 26.3 Å². The van der Waals surface area contributed by atoms with Gasteiger partial charge >= 0.3 is 5.69 Å². The molecule has 1 aliphatic heterocycles. The van der Waals surface area contributed by atoms with E-state index in [4.69, 9.17) is 0 Å². The normalized spacial score (nSPS) is 13.4. The maximum Gasteiger partial charge on any atom is 0.305 e. The van der Waals surface area contributed by atoms with E-state index in [0.29, 0.717) is 12.1 Å². The zero-order valence-corrected chi connectivity index (χ0v) is 11.5. The molecular weight excluding hydrogens is 310 g/mol. The molecule has 2 aromatic carbocycles. The highest BCUT2D eigenvalue weighted by atomic mass is 19.1. The highest BCUT2D eigenvalue weighted by Gasteiger charge is 2.36. The fraction of sp³-hybridized carbons (Fsp3) is 0.0667. The van der Waals surface area contributed by atoms with E-state index in [1.54, 1.807) is 12.1 Å². The van der Waals surface area contributed by atoms with E-state index in [-0.39, 0.29) is 16.7 Å². The van der Waals surface area contributed by atoms with Crippen LogP contribution >= 0.6 is 0 Å². The van der Waals surface area contributed by atoms with Gasteiger partial charge in [0.25, 0.3) is 11.8 Å². The summed E-state index contributed by atoms with van der Waals surface area (Å²) in [5.74, 6) is -3.64. The van der Waals surface area contributed by atoms with Gasteiger partial charge in [-0.15, -0.1) is 0 Å². The van der Waals surface area contributed by atoms with Gasteiger partial charge < -0.3 is 0 Å². The van der Waals surface area contributed by atoms with Crippen LogP contribution in [0.5, 0.6) is 0 Å². The van der Waals surface area contributed by atoms with Gasteiger partial charge in [0.05, 0.1) is 22.6 Å². The third kappa shape index (κ3) is 2.33. The third-order valence-corrected chi connectivity index (χ3v) is 3.52. The van der Waals surface area contributed by atoms with Crippen LogP contribution in [0.3, 0.4) is 0 Å². The number of amides is 2. The largest absolute Gasteiger partial charge is 0.305 e. The summed E-state index contributed by atoms with van der Waals surface area (Å²) in [5.41, 5.74) is -0.880. The van der Waals surface area contributed by atoms with Crippen LogP contribution in [0.2, 0.25) is 0 Å². The molecule has 6 nitrogen and oxygen atoms in total. The first kappa shape index (κ1) is 14.8. The van der Waals surface area contributed by atoms with Gasteiger partial charge in [-0.2, -0.15) is 4.39 Å². The topological polar surface area (TPSA) is 80.5 Å². The number of carbonyl (C=O) groups is 2. The first-order valence-electron chi connectivity index (χ1n) is 6.47. The average Bonchev–Trinajstić information content (AvgIpc) is 2.75. The van der Waals surface area contributed by atoms with Crippen molar-refractivity contribution >= 4 is 17.5 Å². The van der Waals surface area contributed by atoms with Crippen LogP contribution in [-0.4, -0.2) is 21.6 Å². The molecule has 0 aromatic heterocycles. The monoisotopic (exact) mass is 318 g/mol. The fourth-order valence-corrected chi connectivity index (χ4v) is 2.39. The van der Waals surface area contributed by atoms with E-state index in [1.807, 2.05) is 0 Å². The lowest BCUT2D eigenvalue weighted by molar-refractivity contribution is -0.387. The van der Waals surface area contributed by atoms with Crippen LogP contribution in [-0.2, 0) is 6.54 Å². The quantitative estimate of drug-likeness (QED) is 0.495. The number of carbonyl (C=O) groups excluding carboxylic acids is 2. The number of hydrogen-bond donors (Lipinski definition) is 0. The maximum absolute atomic E-state index is 13.8. The Morgan fingerprint density at radius 1 is 1.00 bits per heavy atom. The number of benzene rings is 2. The number of rotatable bonds is 3. The lowest BCUT2D eigenvalue weighted by atomic mass is 10.1. The summed E-state index contributed by atoms with van der Waals surface area (Å²) >= 11 is 0. The molecule has 2 amide bonds. The summed E-state index contributed by atoms with van der Waals surface area (Å²) in [4.78, 5) is 34.9. The van der Waals surface area contributed by atoms with Crippen molar-refractivity contribution in [3.8, 4) is 0 Å². The molecule has 0 aliphatic carbocycles. The number of nitro groups is 1. The van der Waals surface area contributed by atoms with Crippen LogP contribution < -0.4 is 0 Å². The van der Waals surface area contributed by atoms with E-state index in [1.165, 1.54) is 12.1 Å². The Hall–Kier alpha value is -3.16. The zero-order valence-electron chi connectivity index (χ0n) is 11.5.